The number of Topliss-reactive ketones (excluding diaryl/α,β-unsaturated/α-hetero) is 1. The average Bonchev–Trinajstić information content (AvgIpc) is 1.82. The Hall–Kier alpha value is -0.850. The van der Waals surface area contributed by atoms with Crippen LogP contribution in [0.25, 0.3) is 0 Å². The quantitative estimate of drug-likeness (QED) is 0.416. The van der Waals surface area contributed by atoms with Gasteiger partial charge in [0.15, 0.2) is 5.78 Å². The Morgan fingerprint density at radius 1 is 1.56 bits per heavy atom. The lowest BCUT2D eigenvalue weighted by Crippen LogP contribution is -1.89. The summed E-state index contributed by atoms with van der Waals surface area (Å²) in [6.45, 7) is 6.91. The summed E-state index contributed by atoms with van der Waals surface area (Å²) in [4.78, 5) is 10.5. The minimum absolute atomic E-state index is 0.136. The number of allylic oxidation sites excluding steroid dienone is 3. The molecule has 0 aliphatic heterocycles. The highest BCUT2D eigenvalue weighted by atomic mass is 16.1. The summed E-state index contributed by atoms with van der Waals surface area (Å²) in [5.41, 5.74) is 0.815. The minimum Gasteiger partial charge on any atom is -0.295 e. The molecular formula is C8H12O. The van der Waals surface area contributed by atoms with Crippen LogP contribution in [-0.2, 0) is 4.79 Å². The Balaban J connectivity index is 3.83. The van der Waals surface area contributed by atoms with Gasteiger partial charge in [-0.3, -0.25) is 4.79 Å². The SMILES string of the molecule is C=CC/C=C(\C)C(C)=O. The maximum atomic E-state index is 10.5. The molecule has 0 aromatic rings. The molecule has 1 nitrogen and oxygen atoms in total. The highest BCUT2D eigenvalue weighted by Gasteiger charge is 1.91. The van der Waals surface area contributed by atoms with Gasteiger partial charge in [-0.05, 0) is 25.8 Å². The minimum atomic E-state index is 0.136. The lowest BCUT2D eigenvalue weighted by Gasteiger charge is -1.89. The third-order valence-electron chi connectivity index (χ3n) is 1.15. The van der Waals surface area contributed by atoms with E-state index in [0.717, 1.165) is 12.0 Å². The molecule has 50 valence electrons. The molecule has 0 unspecified atom stereocenters. The van der Waals surface area contributed by atoms with Gasteiger partial charge in [-0.1, -0.05) is 12.2 Å². The van der Waals surface area contributed by atoms with E-state index in [1.165, 1.54) is 0 Å². The zero-order valence-electron chi connectivity index (χ0n) is 5.98. The molecule has 0 spiro atoms. The van der Waals surface area contributed by atoms with Crippen molar-refractivity contribution in [2.24, 2.45) is 0 Å². The van der Waals surface area contributed by atoms with Gasteiger partial charge < -0.3 is 0 Å². The van der Waals surface area contributed by atoms with E-state index in [1.54, 1.807) is 13.0 Å². The van der Waals surface area contributed by atoms with Crippen molar-refractivity contribution in [3.05, 3.63) is 24.3 Å². The first-order valence-electron chi connectivity index (χ1n) is 2.97. The molecule has 0 fully saturated rings. The predicted octanol–water partition coefficient (Wildman–Crippen LogP) is 2.10. The molecule has 0 amide bonds. The maximum Gasteiger partial charge on any atom is 0.155 e. The fraction of sp³-hybridized carbons (Fsp3) is 0.375. The van der Waals surface area contributed by atoms with E-state index >= 15 is 0 Å². The number of carbonyl (C=O) groups excluding carboxylic acids is 1. The van der Waals surface area contributed by atoms with Crippen molar-refractivity contribution < 1.29 is 4.79 Å². The summed E-state index contributed by atoms with van der Waals surface area (Å²) in [6.07, 6.45) is 4.42. The summed E-state index contributed by atoms with van der Waals surface area (Å²) < 4.78 is 0. The van der Waals surface area contributed by atoms with Crippen molar-refractivity contribution in [3.63, 3.8) is 0 Å². The van der Waals surface area contributed by atoms with Gasteiger partial charge in [0.2, 0.25) is 0 Å². The van der Waals surface area contributed by atoms with E-state index in [1.807, 2.05) is 13.0 Å². The Morgan fingerprint density at radius 2 is 2.11 bits per heavy atom. The third-order valence-corrected chi connectivity index (χ3v) is 1.15. The van der Waals surface area contributed by atoms with E-state index in [-0.39, 0.29) is 5.78 Å². The Bertz CT molecular complexity index is 143. The normalized spacial score (nSPS) is 11.1. The van der Waals surface area contributed by atoms with Crippen LogP contribution in [-0.4, -0.2) is 5.78 Å². The van der Waals surface area contributed by atoms with Gasteiger partial charge in [0, 0.05) is 0 Å². The van der Waals surface area contributed by atoms with E-state index in [0.29, 0.717) is 0 Å². The highest BCUT2D eigenvalue weighted by molar-refractivity contribution is 5.92. The largest absolute Gasteiger partial charge is 0.295 e. The number of carbonyl (C=O) groups is 1. The molecule has 9 heavy (non-hydrogen) atoms. The molecule has 0 bridgehead atoms. The Kier molecular flexibility index (Phi) is 3.69. The van der Waals surface area contributed by atoms with Gasteiger partial charge in [0.1, 0.15) is 0 Å². The Morgan fingerprint density at radius 3 is 2.44 bits per heavy atom. The topological polar surface area (TPSA) is 17.1 Å². The number of hydrogen-bond acceptors (Lipinski definition) is 1. The van der Waals surface area contributed by atoms with E-state index < -0.39 is 0 Å². The zero-order valence-corrected chi connectivity index (χ0v) is 5.98. The second-order valence-electron chi connectivity index (χ2n) is 1.97. The van der Waals surface area contributed by atoms with Crippen molar-refractivity contribution in [3.8, 4) is 0 Å². The smallest absolute Gasteiger partial charge is 0.155 e. The molecule has 0 N–H and O–H groups in total. The molecule has 0 aliphatic carbocycles. The summed E-state index contributed by atoms with van der Waals surface area (Å²) >= 11 is 0. The zero-order chi connectivity index (χ0) is 7.28. The lowest BCUT2D eigenvalue weighted by atomic mass is 10.2. The van der Waals surface area contributed by atoms with Crippen molar-refractivity contribution in [1.29, 1.82) is 0 Å². The molecule has 0 radical (unpaired) electrons. The monoisotopic (exact) mass is 124 g/mol. The third kappa shape index (κ3) is 3.71. The second kappa shape index (κ2) is 4.07. The molecule has 0 heterocycles. The van der Waals surface area contributed by atoms with Crippen LogP contribution in [0, 0.1) is 0 Å². The number of rotatable bonds is 3. The van der Waals surface area contributed by atoms with Gasteiger partial charge >= 0.3 is 0 Å². The van der Waals surface area contributed by atoms with Gasteiger partial charge in [-0.25, -0.2) is 0 Å². The van der Waals surface area contributed by atoms with Gasteiger partial charge in [-0.15, -0.1) is 6.58 Å². The first kappa shape index (κ1) is 8.15. The molecular weight excluding hydrogens is 112 g/mol. The van der Waals surface area contributed by atoms with Crippen molar-refractivity contribution in [2.75, 3.05) is 0 Å². The van der Waals surface area contributed by atoms with Crippen LogP contribution >= 0.6 is 0 Å². The molecule has 0 aromatic heterocycles. The van der Waals surface area contributed by atoms with Crippen LogP contribution in [0.4, 0.5) is 0 Å². The fourth-order valence-electron chi connectivity index (χ4n) is 0.404. The van der Waals surface area contributed by atoms with Crippen molar-refractivity contribution in [2.45, 2.75) is 20.3 Å². The van der Waals surface area contributed by atoms with Crippen LogP contribution in [0.1, 0.15) is 20.3 Å². The lowest BCUT2D eigenvalue weighted by molar-refractivity contribution is -0.113. The molecule has 0 saturated heterocycles. The fourth-order valence-corrected chi connectivity index (χ4v) is 0.404. The number of hydrogen-bond donors (Lipinski definition) is 0. The summed E-state index contributed by atoms with van der Waals surface area (Å²) in [7, 11) is 0. The van der Waals surface area contributed by atoms with Gasteiger partial charge in [0.25, 0.3) is 0 Å². The van der Waals surface area contributed by atoms with Crippen LogP contribution in [0.15, 0.2) is 24.3 Å². The first-order valence-corrected chi connectivity index (χ1v) is 2.97. The molecule has 0 atom stereocenters. The predicted molar refractivity (Wildman–Crippen MR) is 39.3 cm³/mol. The van der Waals surface area contributed by atoms with Crippen molar-refractivity contribution in [1.82, 2.24) is 0 Å². The first-order chi connectivity index (χ1) is 4.18. The molecule has 0 rings (SSSR count). The summed E-state index contributed by atoms with van der Waals surface area (Å²) in [5.74, 6) is 0.136. The van der Waals surface area contributed by atoms with Gasteiger partial charge in [0.05, 0.1) is 0 Å². The molecule has 0 saturated carbocycles. The molecule has 1 heteroatoms. The standard InChI is InChI=1S/C8H12O/c1-4-5-6-7(2)8(3)9/h4,6H,1,5H2,2-3H3/b7-6+. The van der Waals surface area contributed by atoms with E-state index in [4.69, 9.17) is 0 Å². The van der Waals surface area contributed by atoms with Crippen molar-refractivity contribution >= 4 is 5.78 Å². The van der Waals surface area contributed by atoms with Crippen LogP contribution in [0.5, 0.6) is 0 Å². The van der Waals surface area contributed by atoms with Crippen LogP contribution in [0.3, 0.4) is 0 Å². The second-order valence-corrected chi connectivity index (χ2v) is 1.97. The van der Waals surface area contributed by atoms with Gasteiger partial charge in [-0.2, -0.15) is 0 Å². The summed E-state index contributed by atoms with van der Waals surface area (Å²) in [6, 6.07) is 0. The molecule has 0 aromatic carbocycles. The molecule has 0 aliphatic rings. The Labute approximate surface area is 56.1 Å². The van der Waals surface area contributed by atoms with E-state index in [9.17, 15) is 4.79 Å². The highest BCUT2D eigenvalue weighted by Crippen LogP contribution is 1.95. The number of ketones is 1. The van der Waals surface area contributed by atoms with Crippen LogP contribution < -0.4 is 0 Å². The summed E-state index contributed by atoms with van der Waals surface area (Å²) in [5, 5.41) is 0. The van der Waals surface area contributed by atoms with E-state index in [2.05, 4.69) is 6.58 Å². The maximum absolute atomic E-state index is 10.5. The average molecular weight is 124 g/mol. The van der Waals surface area contributed by atoms with Crippen LogP contribution in [0.2, 0.25) is 0 Å².